The Kier molecular flexibility index (Phi) is 4.02. The molecule has 0 unspecified atom stereocenters. The van der Waals surface area contributed by atoms with Gasteiger partial charge in [-0.1, -0.05) is 30.3 Å². The van der Waals surface area contributed by atoms with Crippen LogP contribution in [0.5, 0.6) is 0 Å². The summed E-state index contributed by atoms with van der Waals surface area (Å²) in [6.07, 6.45) is 3.33. The predicted octanol–water partition coefficient (Wildman–Crippen LogP) is 2.00. The van der Waals surface area contributed by atoms with Crippen molar-refractivity contribution in [3.05, 3.63) is 36.4 Å². The molecule has 24 heavy (non-hydrogen) atoms. The van der Waals surface area contributed by atoms with E-state index in [0.717, 1.165) is 42.5 Å². The first-order valence-corrected chi connectivity index (χ1v) is 8.47. The van der Waals surface area contributed by atoms with Crippen molar-refractivity contribution in [3.63, 3.8) is 0 Å². The molecule has 4 rings (SSSR count). The number of benzene rings is 1. The zero-order chi connectivity index (χ0) is 16.4. The smallest absolute Gasteiger partial charge is 0.227 e. The maximum Gasteiger partial charge on any atom is 0.227 e. The predicted molar refractivity (Wildman–Crippen MR) is 94.0 cm³/mol. The number of rotatable bonds is 5. The summed E-state index contributed by atoms with van der Waals surface area (Å²) in [7, 11) is 0. The molecule has 1 saturated carbocycles. The quantitative estimate of drug-likeness (QED) is 0.853. The maximum atomic E-state index is 10.9. The first kappa shape index (κ1) is 14.9. The van der Waals surface area contributed by atoms with E-state index < -0.39 is 0 Å². The van der Waals surface area contributed by atoms with Crippen molar-refractivity contribution in [3.8, 4) is 11.3 Å². The fourth-order valence-electron chi connectivity index (χ4n) is 2.87. The first-order chi connectivity index (χ1) is 11.8. The van der Waals surface area contributed by atoms with Crippen molar-refractivity contribution in [1.82, 2.24) is 14.9 Å². The van der Waals surface area contributed by atoms with E-state index in [1.54, 1.807) is 4.90 Å². The van der Waals surface area contributed by atoms with Gasteiger partial charge in [-0.05, 0) is 12.8 Å². The van der Waals surface area contributed by atoms with E-state index in [1.807, 2.05) is 24.3 Å². The van der Waals surface area contributed by atoms with Crippen LogP contribution in [0.1, 0.15) is 12.8 Å². The van der Waals surface area contributed by atoms with E-state index in [4.69, 9.17) is 9.97 Å². The highest BCUT2D eigenvalue weighted by molar-refractivity contribution is 5.65. The molecule has 1 aliphatic carbocycles. The van der Waals surface area contributed by atoms with Crippen molar-refractivity contribution < 1.29 is 4.79 Å². The number of carbonyl (C=O) groups excluding carboxylic acids is 1. The number of hydrogen-bond acceptors (Lipinski definition) is 5. The van der Waals surface area contributed by atoms with Gasteiger partial charge in [0.15, 0.2) is 0 Å². The molecule has 6 nitrogen and oxygen atoms in total. The maximum absolute atomic E-state index is 10.9. The molecule has 1 amide bonds. The first-order valence-electron chi connectivity index (χ1n) is 8.47. The molecular weight excluding hydrogens is 302 g/mol. The van der Waals surface area contributed by atoms with Crippen LogP contribution in [-0.2, 0) is 4.79 Å². The minimum Gasteiger partial charge on any atom is -0.367 e. The van der Waals surface area contributed by atoms with Gasteiger partial charge in [0.1, 0.15) is 5.82 Å². The van der Waals surface area contributed by atoms with E-state index in [0.29, 0.717) is 19.1 Å². The van der Waals surface area contributed by atoms with Crippen LogP contribution < -0.4 is 10.2 Å². The molecule has 6 heteroatoms. The van der Waals surface area contributed by atoms with Gasteiger partial charge in [-0.3, -0.25) is 4.79 Å². The molecule has 1 N–H and O–H groups in total. The highest BCUT2D eigenvalue weighted by Gasteiger charge is 2.23. The Morgan fingerprint density at radius 3 is 2.46 bits per heavy atom. The van der Waals surface area contributed by atoms with Crippen LogP contribution in [0, 0.1) is 0 Å². The number of aromatic nitrogens is 2. The Balaban J connectivity index is 1.63. The molecule has 1 aromatic carbocycles. The lowest BCUT2D eigenvalue weighted by molar-refractivity contribution is -0.118. The molecular formula is C18H21N5O. The third-order valence-corrected chi connectivity index (χ3v) is 4.46. The van der Waals surface area contributed by atoms with E-state index >= 15 is 0 Å². The van der Waals surface area contributed by atoms with Gasteiger partial charge in [0.2, 0.25) is 12.4 Å². The lowest BCUT2D eigenvalue weighted by Crippen LogP contribution is -2.46. The minimum atomic E-state index is 0.545. The Hall–Kier alpha value is -2.63. The monoisotopic (exact) mass is 323 g/mol. The molecule has 0 radical (unpaired) electrons. The number of nitrogens with zero attached hydrogens (tertiary/aromatic N) is 4. The summed E-state index contributed by atoms with van der Waals surface area (Å²) in [6.45, 7) is 2.96. The number of carbonyl (C=O) groups is 1. The van der Waals surface area contributed by atoms with Gasteiger partial charge in [-0.2, -0.15) is 4.98 Å². The summed E-state index contributed by atoms with van der Waals surface area (Å²) < 4.78 is 0. The largest absolute Gasteiger partial charge is 0.367 e. The van der Waals surface area contributed by atoms with Gasteiger partial charge in [0, 0.05) is 43.9 Å². The average Bonchev–Trinajstić information content (AvgIpc) is 3.46. The molecule has 0 spiro atoms. The summed E-state index contributed by atoms with van der Waals surface area (Å²) >= 11 is 0. The normalized spacial score (nSPS) is 17.7. The molecule has 2 heterocycles. The second kappa shape index (κ2) is 6.47. The third kappa shape index (κ3) is 3.32. The number of piperazine rings is 1. The van der Waals surface area contributed by atoms with Crippen LogP contribution in [-0.4, -0.2) is 53.5 Å². The molecule has 2 aromatic rings. The van der Waals surface area contributed by atoms with Crippen molar-refractivity contribution in [2.24, 2.45) is 0 Å². The number of hydrogen-bond donors (Lipinski definition) is 1. The van der Waals surface area contributed by atoms with Gasteiger partial charge in [0.25, 0.3) is 0 Å². The second-order valence-corrected chi connectivity index (χ2v) is 6.35. The van der Waals surface area contributed by atoms with Crippen LogP contribution in [0.4, 0.5) is 11.8 Å². The summed E-state index contributed by atoms with van der Waals surface area (Å²) in [5.74, 6) is 1.63. The Bertz CT molecular complexity index is 709. The summed E-state index contributed by atoms with van der Waals surface area (Å²) in [4.78, 5) is 24.3. The topological polar surface area (TPSA) is 61.4 Å². The van der Waals surface area contributed by atoms with Crippen LogP contribution in [0.15, 0.2) is 36.4 Å². The van der Waals surface area contributed by atoms with Crippen molar-refractivity contribution >= 4 is 18.2 Å². The molecule has 2 aliphatic rings. The molecule has 124 valence electrons. The fraction of sp³-hybridized carbons (Fsp3) is 0.389. The van der Waals surface area contributed by atoms with E-state index in [2.05, 4.69) is 22.3 Å². The van der Waals surface area contributed by atoms with Crippen LogP contribution in [0.3, 0.4) is 0 Å². The number of anilines is 2. The highest BCUT2D eigenvalue weighted by atomic mass is 16.1. The van der Waals surface area contributed by atoms with Crippen molar-refractivity contribution in [2.45, 2.75) is 18.9 Å². The Morgan fingerprint density at radius 2 is 1.79 bits per heavy atom. The number of nitrogens with one attached hydrogen (secondary N) is 1. The molecule has 1 aliphatic heterocycles. The van der Waals surface area contributed by atoms with Gasteiger partial charge < -0.3 is 15.1 Å². The lowest BCUT2D eigenvalue weighted by atomic mass is 10.1. The zero-order valence-electron chi connectivity index (χ0n) is 13.6. The van der Waals surface area contributed by atoms with E-state index in [1.165, 1.54) is 12.8 Å². The van der Waals surface area contributed by atoms with Gasteiger partial charge in [-0.15, -0.1) is 0 Å². The lowest BCUT2D eigenvalue weighted by Gasteiger charge is -2.32. The van der Waals surface area contributed by atoms with E-state index in [9.17, 15) is 4.79 Å². The Morgan fingerprint density at radius 1 is 1.04 bits per heavy atom. The SMILES string of the molecule is O=CN1CCN(c2nc(NC3CC3)cc(-c3ccccc3)n2)CC1. The van der Waals surface area contributed by atoms with Crippen molar-refractivity contribution in [1.29, 1.82) is 0 Å². The third-order valence-electron chi connectivity index (χ3n) is 4.46. The van der Waals surface area contributed by atoms with Gasteiger partial charge >= 0.3 is 0 Å². The highest BCUT2D eigenvalue weighted by Crippen LogP contribution is 2.28. The summed E-state index contributed by atoms with van der Waals surface area (Å²) in [6, 6.07) is 12.8. The average molecular weight is 323 g/mol. The van der Waals surface area contributed by atoms with Gasteiger partial charge in [0.05, 0.1) is 5.69 Å². The fourth-order valence-corrected chi connectivity index (χ4v) is 2.87. The van der Waals surface area contributed by atoms with Gasteiger partial charge in [-0.25, -0.2) is 4.98 Å². The van der Waals surface area contributed by atoms with Crippen LogP contribution in [0.25, 0.3) is 11.3 Å². The molecule has 2 fully saturated rings. The Labute approximate surface area is 141 Å². The van der Waals surface area contributed by atoms with E-state index in [-0.39, 0.29) is 0 Å². The molecule has 0 bridgehead atoms. The zero-order valence-corrected chi connectivity index (χ0v) is 13.6. The minimum absolute atomic E-state index is 0.545. The standard InChI is InChI=1S/C18H21N5O/c24-13-22-8-10-23(11-9-22)18-20-16(14-4-2-1-3-5-14)12-17(21-18)19-15-6-7-15/h1-5,12-13,15H,6-11H2,(H,19,20,21). The van der Waals surface area contributed by atoms with Crippen LogP contribution in [0.2, 0.25) is 0 Å². The molecule has 0 atom stereocenters. The summed E-state index contributed by atoms with van der Waals surface area (Å²) in [5, 5.41) is 3.48. The summed E-state index contributed by atoms with van der Waals surface area (Å²) in [5.41, 5.74) is 2.02. The van der Waals surface area contributed by atoms with Crippen molar-refractivity contribution in [2.75, 3.05) is 36.4 Å². The molecule has 1 aromatic heterocycles. The number of amides is 1. The molecule has 1 saturated heterocycles. The second-order valence-electron chi connectivity index (χ2n) is 6.35. The van der Waals surface area contributed by atoms with Crippen LogP contribution >= 0.6 is 0 Å².